The molecule has 0 aliphatic heterocycles. The molecule has 0 unspecified atom stereocenters. The summed E-state index contributed by atoms with van der Waals surface area (Å²) >= 11 is 0. The quantitative estimate of drug-likeness (QED) is 0.598. The lowest BCUT2D eigenvalue weighted by Gasteiger charge is -2.18. The average Bonchev–Trinajstić information content (AvgIpc) is 2.63. The summed E-state index contributed by atoms with van der Waals surface area (Å²) in [6, 6.07) is 12.3. The van der Waals surface area contributed by atoms with E-state index in [9.17, 15) is 9.59 Å². The van der Waals surface area contributed by atoms with Gasteiger partial charge in [-0.25, -0.2) is 10.2 Å². The molecule has 7 heteroatoms. The lowest BCUT2D eigenvalue weighted by Crippen LogP contribution is -2.33. The third-order valence-electron chi connectivity index (χ3n) is 3.27. The van der Waals surface area contributed by atoms with Gasteiger partial charge in [-0.15, -0.1) is 0 Å². The van der Waals surface area contributed by atoms with Gasteiger partial charge in [0, 0.05) is 12.4 Å². The molecule has 7 nitrogen and oxygen atoms in total. The van der Waals surface area contributed by atoms with E-state index in [1.54, 1.807) is 31.5 Å². The molecule has 130 valence electrons. The number of ether oxygens (including phenoxy) is 1. The van der Waals surface area contributed by atoms with Gasteiger partial charge in [-0.05, 0) is 30.2 Å². The molecule has 0 radical (unpaired) electrons. The highest BCUT2D eigenvalue weighted by atomic mass is 16.5. The SMILES string of the molecule is CCOC(=O)N[C@H](CC(=O)N/N=C\c1ccncc1)c1ccccc1. The zero-order valence-electron chi connectivity index (χ0n) is 13.9. The van der Waals surface area contributed by atoms with Gasteiger partial charge in [0.1, 0.15) is 0 Å². The first-order valence-corrected chi connectivity index (χ1v) is 7.89. The van der Waals surface area contributed by atoms with Crippen LogP contribution in [0.3, 0.4) is 0 Å². The number of carbonyl (C=O) groups excluding carboxylic acids is 2. The number of hydrazone groups is 1. The van der Waals surface area contributed by atoms with E-state index >= 15 is 0 Å². The Labute approximate surface area is 146 Å². The maximum absolute atomic E-state index is 12.1. The first-order chi connectivity index (χ1) is 12.2. The zero-order chi connectivity index (χ0) is 17.9. The summed E-state index contributed by atoms with van der Waals surface area (Å²) in [7, 11) is 0. The number of carbonyl (C=O) groups is 2. The maximum Gasteiger partial charge on any atom is 0.407 e. The van der Waals surface area contributed by atoms with Crippen molar-refractivity contribution in [3.8, 4) is 0 Å². The van der Waals surface area contributed by atoms with Gasteiger partial charge in [-0.1, -0.05) is 30.3 Å². The van der Waals surface area contributed by atoms with E-state index in [1.807, 2.05) is 30.3 Å². The van der Waals surface area contributed by atoms with Gasteiger partial charge in [0.25, 0.3) is 0 Å². The Kier molecular flexibility index (Phi) is 7.12. The lowest BCUT2D eigenvalue weighted by atomic mass is 10.0. The van der Waals surface area contributed by atoms with Crippen molar-refractivity contribution in [2.75, 3.05) is 6.61 Å². The second kappa shape index (κ2) is 9.82. The van der Waals surface area contributed by atoms with E-state index in [1.165, 1.54) is 6.21 Å². The van der Waals surface area contributed by atoms with Crippen molar-refractivity contribution >= 4 is 18.2 Å². The van der Waals surface area contributed by atoms with Gasteiger partial charge in [-0.3, -0.25) is 9.78 Å². The summed E-state index contributed by atoms with van der Waals surface area (Å²) in [6.07, 6.45) is 4.27. The van der Waals surface area contributed by atoms with Crippen molar-refractivity contribution in [2.24, 2.45) is 5.10 Å². The van der Waals surface area contributed by atoms with Crippen molar-refractivity contribution < 1.29 is 14.3 Å². The number of rotatable bonds is 7. The largest absolute Gasteiger partial charge is 0.450 e. The highest BCUT2D eigenvalue weighted by Gasteiger charge is 2.18. The van der Waals surface area contributed by atoms with E-state index < -0.39 is 12.1 Å². The summed E-state index contributed by atoms with van der Waals surface area (Å²) < 4.78 is 4.90. The van der Waals surface area contributed by atoms with Gasteiger partial charge in [-0.2, -0.15) is 5.10 Å². The molecule has 0 saturated carbocycles. The Morgan fingerprint density at radius 3 is 2.60 bits per heavy atom. The first-order valence-electron chi connectivity index (χ1n) is 7.89. The van der Waals surface area contributed by atoms with Crippen LogP contribution in [0.5, 0.6) is 0 Å². The minimum Gasteiger partial charge on any atom is -0.450 e. The molecule has 1 heterocycles. The number of amides is 2. The van der Waals surface area contributed by atoms with Crippen LogP contribution in [-0.4, -0.2) is 29.8 Å². The molecule has 2 amide bonds. The fourth-order valence-electron chi connectivity index (χ4n) is 2.11. The molecule has 0 fully saturated rings. The van der Waals surface area contributed by atoms with Gasteiger partial charge in [0.2, 0.25) is 5.91 Å². The number of pyridine rings is 1. The molecule has 0 spiro atoms. The molecule has 2 aromatic rings. The van der Waals surface area contributed by atoms with Gasteiger partial charge in [0.15, 0.2) is 0 Å². The minimum absolute atomic E-state index is 0.0382. The van der Waals surface area contributed by atoms with Crippen LogP contribution >= 0.6 is 0 Å². The van der Waals surface area contributed by atoms with Crippen molar-refractivity contribution in [1.82, 2.24) is 15.7 Å². The van der Waals surface area contributed by atoms with Crippen molar-refractivity contribution in [3.05, 3.63) is 66.0 Å². The third-order valence-corrected chi connectivity index (χ3v) is 3.27. The Bertz CT molecular complexity index is 705. The highest BCUT2D eigenvalue weighted by Crippen LogP contribution is 2.16. The van der Waals surface area contributed by atoms with Gasteiger partial charge in [0.05, 0.1) is 25.3 Å². The van der Waals surface area contributed by atoms with Crippen LogP contribution < -0.4 is 10.7 Å². The van der Waals surface area contributed by atoms with E-state index in [0.717, 1.165) is 11.1 Å². The van der Waals surface area contributed by atoms with Gasteiger partial charge >= 0.3 is 6.09 Å². The van der Waals surface area contributed by atoms with Gasteiger partial charge < -0.3 is 10.1 Å². The van der Waals surface area contributed by atoms with Crippen LogP contribution in [0.4, 0.5) is 4.79 Å². The fraction of sp³-hybridized carbons (Fsp3) is 0.222. The normalized spacial score (nSPS) is 11.7. The smallest absolute Gasteiger partial charge is 0.407 e. The topological polar surface area (TPSA) is 92.7 Å². The van der Waals surface area contributed by atoms with Crippen LogP contribution in [0.1, 0.15) is 30.5 Å². The first kappa shape index (κ1) is 18.1. The van der Waals surface area contributed by atoms with Crippen LogP contribution in [0.2, 0.25) is 0 Å². The predicted molar refractivity (Wildman–Crippen MR) is 93.9 cm³/mol. The standard InChI is InChI=1S/C18H20N4O3/c1-2-25-18(24)21-16(15-6-4-3-5-7-15)12-17(23)22-20-13-14-8-10-19-11-9-14/h3-11,13,16H,2,12H2,1H3,(H,21,24)(H,22,23)/b20-13-/t16-/m1/s1. The van der Waals surface area contributed by atoms with Crippen LogP contribution in [0.25, 0.3) is 0 Å². The summed E-state index contributed by atoms with van der Waals surface area (Å²) in [5.41, 5.74) is 4.08. The predicted octanol–water partition coefficient (Wildman–Crippen LogP) is 2.41. The number of hydrogen-bond donors (Lipinski definition) is 2. The Morgan fingerprint density at radius 2 is 1.92 bits per heavy atom. The minimum atomic E-state index is -0.565. The Morgan fingerprint density at radius 1 is 1.20 bits per heavy atom. The third kappa shape index (κ3) is 6.42. The molecule has 25 heavy (non-hydrogen) atoms. The molecule has 1 aromatic heterocycles. The molecule has 0 bridgehead atoms. The van der Waals surface area contributed by atoms with Crippen LogP contribution in [0.15, 0.2) is 60.0 Å². The Balaban J connectivity index is 1.96. The second-order valence-corrected chi connectivity index (χ2v) is 5.11. The highest BCUT2D eigenvalue weighted by molar-refractivity contribution is 5.82. The number of alkyl carbamates (subject to hydrolysis) is 1. The van der Waals surface area contributed by atoms with E-state index in [0.29, 0.717) is 0 Å². The number of nitrogens with zero attached hydrogens (tertiary/aromatic N) is 2. The molecule has 0 saturated heterocycles. The summed E-state index contributed by atoms with van der Waals surface area (Å²) in [4.78, 5) is 27.7. The lowest BCUT2D eigenvalue weighted by molar-refractivity contribution is -0.121. The molecule has 2 N–H and O–H groups in total. The zero-order valence-corrected chi connectivity index (χ0v) is 13.9. The number of aromatic nitrogens is 1. The van der Waals surface area contributed by atoms with Crippen molar-refractivity contribution in [1.29, 1.82) is 0 Å². The van der Waals surface area contributed by atoms with E-state index in [4.69, 9.17) is 4.74 Å². The molecule has 2 rings (SSSR count). The molecule has 1 aromatic carbocycles. The number of nitrogens with one attached hydrogen (secondary N) is 2. The second-order valence-electron chi connectivity index (χ2n) is 5.11. The van der Waals surface area contributed by atoms with Crippen LogP contribution in [-0.2, 0) is 9.53 Å². The van der Waals surface area contributed by atoms with Crippen molar-refractivity contribution in [3.63, 3.8) is 0 Å². The summed E-state index contributed by atoms with van der Waals surface area (Å²) in [5, 5.41) is 6.60. The molecular formula is C18H20N4O3. The summed E-state index contributed by atoms with van der Waals surface area (Å²) in [5.74, 6) is -0.323. The Hall–Kier alpha value is -3.22. The van der Waals surface area contributed by atoms with E-state index in [-0.39, 0.29) is 18.9 Å². The molecule has 0 aliphatic rings. The van der Waals surface area contributed by atoms with Crippen LogP contribution in [0, 0.1) is 0 Å². The maximum atomic E-state index is 12.1. The summed E-state index contributed by atoms with van der Waals surface area (Å²) in [6.45, 7) is 1.98. The van der Waals surface area contributed by atoms with Crippen molar-refractivity contribution in [2.45, 2.75) is 19.4 Å². The number of benzene rings is 1. The molecule has 0 aliphatic carbocycles. The molecular weight excluding hydrogens is 320 g/mol. The average molecular weight is 340 g/mol. The van der Waals surface area contributed by atoms with E-state index in [2.05, 4.69) is 20.8 Å². The molecule has 1 atom stereocenters. The monoisotopic (exact) mass is 340 g/mol. The number of hydrogen-bond acceptors (Lipinski definition) is 5. The fourth-order valence-corrected chi connectivity index (χ4v) is 2.11.